The highest BCUT2D eigenvalue weighted by Crippen LogP contribution is 2.14. The first-order valence-electron chi connectivity index (χ1n) is 7.61. The molecule has 130 valence electrons. The van der Waals surface area contributed by atoms with E-state index in [-0.39, 0.29) is 36.4 Å². The Hall–Kier alpha value is -2.70. The monoisotopic (exact) mass is 334 g/mol. The summed E-state index contributed by atoms with van der Waals surface area (Å²) >= 11 is 0. The van der Waals surface area contributed by atoms with Crippen molar-refractivity contribution < 1.29 is 19.2 Å². The summed E-state index contributed by atoms with van der Waals surface area (Å²) in [5, 5.41) is 10.8. The molecule has 0 fully saturated rings. The maximum Gasteiger partial charge on any atom is 0.307 e. The quantitative estimate of drug-likeness (QED) is 0.315. The number of carbonyl (C=O) groups is 2. The lowest BCUT2D eigenvalue weighted by Gasteiger charge is -2.22. The summed E-state index contributed by atoms with van der Waals surface area (Å²) < 4.78 is 4.59. The third-order valence-electron chi connectivity index (χ3n) is 3.21. The fraction of sp³-hybridized carbons (Fsp3) is 0.412. The summed E-state index contributed by atoms with van der Waals surface area (Å²) in [6, 6.07) is 6.02. The number of rotatable bonds is 8. The van der Waals surface area contributed by atoms with Crippen molar-refractivity contribution in [2.24, 2.45) is 5.92 Å². The van der Waals surface area contributed by atoms with Gasteiger partial charge in [-0.15, -0.1) is 0 Å². The van der Waals surface area contributed by atoms with Crippen LogP contribution in [-0.4, -0.2) is 41.9 Å². The molecular weight excluding hydrogens is 312 g/mol. The molecule has 0 unspecified atom stereocenters. The average Bonchev–Trinajstić information content (AvgIpc) is 2.55. The van der Waals surface area contributed by atoms with Crippen molar-refractivity contribution in [1.82, 2.24) is 4.90 Å². The van der Waals surface area contributed by atoms with Gasteiger partial charge in [-0.2, -0.15) is 0 Å². The largest absolute Gasteiger partial charge is 0.469 e. The van der Waals surface area contributed by atoms with Crippen molar-refractivity contribution in [3.05, 3.63) is 46.0 Å². The van der Waals surface area contributed by atoms with E-state index in [1.54, 1.807) is 17.0 Å². The molecule has 0 saturated heterocycles. The van der Waals surface area contributed by atoms with Crippen LogP contribution in [0.1, 0.15) is 25.8 Å². The van der Waals surface area contributed by atoms with Gasteiger partial charge >= 0.3 is 5.97 Å². The number of ether oxygens (including phenoxy) is 1. The van der Waals surface area contributed by atoms with Gasteiger partial charge < -0.3 is 9.64 Å². The molecule has 0 aliphatic carbocycles. The second-order valence-electron chi connectivity index (χ2n) is 5.69. The number of esters is 1. The van der Waals surface area contributed by atoms with E-state index in [0.29, 0.717) is 12.1 Å². The van der Waals surface area contributed by atoms with Crippen molar-refractivity contribution >= 4 is 23.6 Å². The number of benzene rings is 1. The Balaban J connectivity index is 2.80. The summed E-state index contributed by atoms with van der Waals surface area (Å²) in [7, 11) is 1.30. The highest BCUT2D eigenvalue weighted by molar-refractivity contribution is 5.92. The Bertz CT molecular complexity index is 625. The van der Waals surface area contributed by atoms with E-state index in [4.69, 9.17) is 0 Å². The van der Waals surface area contributed by atoms with Gasteiger partial charge in [-0.1, -0.05) is 26.0 Å². The maximum absolute atomic E-state index is 12.3. The lowest BCUT2D eigenvalue weighted by Crippen LogP contribution is -2.34. The van der Waals surface area contributed by atoms with Gasteiger partial charge in [0.25, 0.3) is 5.69 Å². The zero-order chi connectivity index (χ0) is 18.1. The van der Waals surface area contributed by atoms with Crippen LogP contribution in [0.15, 0.2) is 30.3 Å². The van der Waals surface area contributed by atoms with Gasteiger partial charge in [0.1, 0.15) is 0 Å². The van der Waals surface area contributed by atoms with Crippen LogP contribution in [0.4, 0.5) is 5.69 Å². The van der Waals surface area contributed by atoms with Crippen LogP contribution in [0.3, 0.4) is 0 Å². The number of methoxy groups -OCH3 is 1. The maximum atomic E-state index is 12.3. The van der Waals surface area contributed by atoms with E-state index in [9.17, 15) is 19.7 Å². The van der Waals surface area contributed by atoms with Crippen molar-refractivity contribution in [2.75, 3.05) is 20.2 Å². The third kappa shape index (κ3) is 6.60. The van der Waals surface area contributed by atoms with Gasteiger partial charge in [0, 0.05) is 31.3 Å². The summed E-state index contributed by atoms with van der Waals surface area (Å²) in [6.45, 7) is 4.73. The smallest absolute Gasteiger partial charge is 0.307 e. The van der Waals surface area contributed by atoms with E-state index >= 15 is 0 Å². The second-order valence-corrected chi connectivity index (χ2v) is 5.69. The molecule has 1 aromatic rings. The van der Waals surface area contributed by atoms with Gasteiger partial charge in [0.05, 0.1) is 18.5 Å². The zero-order valence-electron chi connectivity index (χ0n) is 14.1. The lowest BCUT2D eigenvalue weighted by molar-refractivity contribution is -0.384. The number of nitro groups is 1. The molecule has 7 nitrogen and oxygen atoms in total. The molecular formula is C17H22N2O5. The van der Waals surface area contributed by atoms with Crippen LogP contribution in [0, 0.1) is 16.0 Å². The Morgan fingerprint density at radius 3 is 2.67 bits per heavy atom. The SMILES string of the molecule is COC(=O)CCN(CC(C)C)C(=O)C=Cc1cccc([N+](=O)[O-])c1. The standard InChI is InChI=1S/C17H22N2O5/c1-13(2)12-18(10-9-17(21)24-3)16(20)8-7-14-5-4-6-15(11-14)19(22)23/h4-8,11,13H,9-10,12H2,1-3H3. The summed E-state index contributed by atoms with van der Waals surface area (Å²) in [4.78, 5) is 35.4. The van der Waals surface area contributed by atoms with E-state index in [2.05, 4.69) is 4.74 Å². The first kappa shape index (κ1) is 19.3. The predicted molar refractivity (Wildman–Crippen MR) is 90.2 cm³/mol. The van der Waals surface area contributed by atoms with Crippen molar-refractivity contribution in [3.63, 3.8) is 0 Å². The zero-order valence-corrected chi connectivity index (χ0v) is 14.1. The van der Waals surface area contributed by atoms with E-state index < -0.39 is 4.92 Å². The molecule has 0 N–H and O–H groups in total. The number of carbonyl (C=O) groups excluding carboxylic acids is 2. The summed E-state index contributed by atoms with van der Waals surface area (Å²) in [5.41, 5.74) is 0.532. The fourth-order valence-corrected chi connectivity index (χ4v) is 2.08. The number of hydrogen-bond donors (Lipinski definition) is 0. The first-order valence-corrected chi connectivity index (χ1v) is 7.61. The molecule has 0 atom stereocenters. The minimum absolute atomic E-state index is 0.0330. The number of hydrogen-bond acceptors (Lipinski definition) is 5. The van der Waals surface area contributed by atoms with Crippen molar-refractivity contribution in [3.8, 4) is 0 Å². The Morgan fingerprint density at radius 1 is 1.38 bits per heavy atom. The van der Waals surface area contributed by atoms with E-state index in [1.807, 2.05) is 13.8 Å². The third-order valence-corrected chi connectivity index (χ3v) is 3.21. The van der Waals surface area contributed by atoms with Gasteiger partial charge in [-0.25, -0.2) is 0 Å². The predicted octanol–water partition coefficient (Wildman–Crippen LogP) is 2.66. The van der Waals surface area contributed by atoms with Crippen LogP contribution >= 0.6 is 0 Å². The normalized spacial score (nSPS) is 10.8. The molecule has 1 aromatic carbocycles. The molecule has 1 amide bonds. The lowest BCUT2D eigenvalue weighted by atomic mass is 10.1. The number of nitrogens with zero attached hydrogens (tertiary/aromatic N) is 2. The van der Waals surface area contributed by atoms with Crippen LogP contribution < -0.4 is 0 Å². The highest BCUT2D eigenvalue weighted by atomic mass is 16.6. The van der Waals surface area contributed by atoms with Gasteiger partial charge in [-0.05, 0) is 17.6 Å². The van der Waals surface area contributed by atoms with Crippen molar-refractivity contribution in [2.45, 2.75) is 20.3 Å². The molecule has 0 spiro atoms. The average molecular weight is 334 g/mol. The second kappa shape index (κ2) is 9.44. The van der Waals surface area contributed by atoms with E-state index in [1.165, 1.54) is 31.4 Å². The summed E-state index contributed by atoms with van der Waals surface area (Å²) in [5.74, 6) is -0.379. The first-order chi connectivity index (χ1) is 11.3. The van der Waals surface area contributed by atoms with Crippen LogP contribution in [0.2, 0.25) is 0 Å². The highest BCUT2D eigenvalue weighted by Gasteiger charge is 2.14. The van der Waals surface area contributed by atoms with Crippen molar-refractivity contribution in [1.29, 1.82) is 0 Å². The van der Waals surface area contributed by atoms with E-state index in [0.717, 1.165) is 0 Å². The Morgan fingerprint density at radius 2 is 2.08 bits per heavy atom. The molecule has 0 heterocycles. The Labute approximate surface area is 141 Å². The van der Waals surface area contributed by atoms with Crippen LogP contribution in [0.25, 0.3) is 6.08 Å². The number of non-ortho nitro benzene ring substituents is 1. The number of amides is 1. The fourth-order valence-electron chi connectivity index (χ4n) is 2.08. The molecule has 7 heteroatoms. The molecule has 0 saturated carbocycles. The van der Waals surface area contributed by atoms with Gasteiger partial charge in [-0.3, -0.25) is 19.7 Å². The number of nitro benzene ring substituents is 1. The Kier molecular flexibility index (Phi) is 7.61. The minimum Gasteiger partial charge on any atom is -0.469 e. The van der Waals surface area contributed by atoms with Crippen LogP contribution in [0.5, 0.6) is 0 Å². The molecule has 0 aliphatic rings. The van der Waals surface area contributed by atoms with Crippen LogP contribution in [-0.2, 0) is 14.3 Å². The molecule has 1 rings (SSSR count). The molecule has 24 heavy (non-hydrogen) atoms. The minimum atomic E-state index is -0.486. The molecule has 0 radical (unpaired) electrons. The molecule has 0 bridgehead atoms. The molecule has 0 aliphatic heterocycles. The van der Waals surface area contributed by atoms with Gasteiger partial charge in [0.2, 0.25) is 5.91 Å². The molecule has 0 aromatic heterocycles. The summed E-state index contributed by atoms with van der Waals surface area (Å²) in [6.07, 6.45) is 3.01. The van der Waals surface area contributed by atoms with Gasteiger partial charge in [0.15, 0.2) is 0 Å². The topological polar surface area (TPSA) is 89.8 Å².